The van der Waals surface area contributed by atoms with E-state index in [0.717, 1.165) is 24.3 Å². The molecule has 0 saturated heterocycles. The SMILES string of the molecule is CSc1cccc(O[C@H]2CCC[C@H]2O)n1. The Balaban J connectivity index is 2.03. The fourth-order valence-electron chi connectivity index (χ4n) is 1.77. The number of aliphatic hydroxyl groups is 1. The van der Waals surface area contributed by atoms with E-state index in [0.29, 0.717) is 5.88 Å². The molecule has 0 aliphatic heterocycles. The number of aliphatic hydroxyl groups excluding tert-OH is 1. The second-order valence-electron chi connectivity index (χ2n) is 3.67. The molecule has 82 valence electrons. The van der Waals surface area contributed by atoms with Gasteiger partial charge in [-0.05, 0) is 31.6 Å². The monoisotopic (exact) mass is 225 g/mol. The average molecular weight is 225 g/mol. The van der Waals surface area contributed by atoms with Gasteiger partial charge in [-0.25, -0.2) is 4.98 Å². The van der Waals surface area contributed by atoms with Gasteiger partial charge in [-0.2, -0.15) is 0 Å². The van der Waals surface area contributed by atoms with Crippen LogP contribution in [0, 0.1) is 0 Å². The molecule has 0 bridgehead atoms. The van der Waals surface area contributed by atoms with Crippen molar-refractivity contribution in [3.05, 3.63) is 18.2 Å². The predicted octanol–water partition coefficient (Wildman–Crippen LogP) is 2.10. The highest BCUT2D eigenvalue weighted by Crippen LogP contribution is 2.24. The fraction of sp³-hybridized carbons (Fsp3) is 0.545. The molecule has 2 rings (SSSR count). The largest absolute Gasteiger partial charge is 0.472 e. The molecular formula is C11H15NO2S. The third kappa shape index (κ3) is 2.63. The minimum atomic E-state index is -0.329. The van der Waals surface area contributed by atoms with Gasteiger partial charge in [0.1, 0.15) is 6.10 Å². The van der Waals surface area contributed by atoms with Crippen molar-refractivity contribution in [2.24, 2.45) is 0 Å². The quantitative estimate of drug-likeness (QED) is 0.800. The van der Waals surface area contributed by atoms with E-state index in [2.05, 4.69) is 4.98 Å². The van der Waals surface area contributed by atoms with E-state index in [1.54, 1.807) is 11.8 Å². The molecule has 0 spiro atoms. The Hall–Kier alpha value is -0.740. The van der Waals surface area contributed by atoms with Gasteiger partial charge in [0, 0.05) is 6.07 Å². The smallest absolute Gasteiger partial charge is 0.214 e. The zero-order chi connectivity index (χ0) is 10.7. The summed E-state index contributed by atoms with van der Waals surface area (Å²) in [5, 5.41) is 10.6. The number of hydrogen-bond donors (Lipinski definition) is 1. The normalized spacial score (nSPS) is 25.5. The molecule has 1 aliphatic rings. The summed E-state index contributed by atoms with van der Waals surface area (Å²) in [6.45, 7) is 0. The van der Waals surface area contributed by atoms with Crippen LogP contribution in [0.25, 0.3) is 0 Å². The highest BCUT2D eigenvalue weighted by molar-refractivity contribution is 7.98. The Morgan fingerprint density at radius 2 is 2.33 bits per heavy atom. The van der Waals surface area contributed by atoms with Crippen molar-refractivity contribution in [3.8, 4) is 5.88 Å². The van der Waals surface area contributed by atoms with Crippen molar-refractivity contribution in [3.63, 3.8) is 0 Å². The van der Waals surface area contributed by atoms with Crippen LogP contribution in [0.5, 0.6) is 5.88 Å². The van der Waals surface area contributed by atoms with Gasteiger partial charge in [0.25, 0.3) is 0 Å². The molecule has 0 amide bonds. The van der Waals surface area contributed by atoms with Gasteiger partial charge in [0.15, 0.2) is 0 Å². The van der Waals surface area contributed by atoms with E-state index in [4.69, 9.17) is 4.74 Å². The molecule has 3 nitrogen and oxygen atoms in total. The molecule has 1 aliphatic carbocycles. The molecule has 0 radical (unpaired) electrons. The van der Waals surface area contributed by atoms with Gasteiger partial charge >= 0.3 is 0 Å². The van der Waals surface area contributed by atoms with Gasteiger partial charge in [-0.15, -0.1) is 11.8 Å². The van der Waals surface area contributed by atoms with Crippen LogP contribution in [-0.2, 0) is 0 Å². The van der Waals surface area contributed by atoms with Gasteiger partial charge in [-0.3, -0.25) is 0 Å². The summed E-state index contributed by atoms with van der Waals surface area (Å²) in [6, 6.07) is 5.71. The zero-order valence-corrected chi connectivity index (χ0v) is 9.54. The lowest BCUT2D eigenvalue weighted by Gasteiger charge is -2.16. The van der Waals surface area contributed by atoms with Crippen LogP contribution < -0.4 is 4.74 Å². The van der Waals surface area contributed by atoms with Crippen LogP contribution >= 0.6 is 11.8 Å². The molecule has 4 heteroatoms. The van der Waals surface area contributed by atoms with Crippen molar-refractivity contribution in [2.45, 2.75) is 36.5 Å². The molecule has 1 N–H and O–H groups in total. The first-order chi connectivity index (χ1) is 7.29. The van der Waals surface area contributed by atoms with Crippen molar-refractivity contribution in [1.82, 2.24) is 4.98 Å². The van der Waals surface area contributed by atoms with Crippen LogP contribution in [0.15, 0.2) is 23.2 Å². The summed E-state index contributed by atoms with van der Waals surface area (Å²) >= 11 is 1.59. The highest BCUT2D eigenvalue weighted by Gasteiger charge is 2.27. The van der Waals surface area contributed by atoms with E-state index in [1.807, 2.05) is 24.5 Å². The van der Waals surface area contributed by atoms with E-state index < -0.39 is 0 Å². The maximum atomic E-state index is 9.62. The number of ether oxygens (including phenoxy) is 1. The van der Waals surface area contributed by atoms with Crippen LogP contribution in [0.2, 0.25) is 0 Å². The van der Waals surface area contributed by atoms with E-state index in [-0.39, 0.29) is 12.2 Å². The lowest BCUT2D eigenvalue weighted by molar-refractivity contribution is 0.0570. The van der Waals surface area contributed by atoms with E-state index >= 15 is 0 Å². The topological polar surface area (TPSA) is 42.4 Å². The summed E-state index contributed by atoms with van der Waals surface area (Å²) in [5.41, 5.74) is 0. The first-order valence-electron chi connectivity index (χ1n) is 5.15. The third-order valence-corrected chi connectivity index (χ3v) is 3.24. The van der Waals surface area contributed by atoms with Crippen molar-refractivity contribution >= 4 is 11.8 Å². The molecule has 15 heavy (non-hydrogen) atoms. The number of nitrogens with zero attached hydrogens (tertiary/aromatic N) is 1. The molecule has 0 aromatic carbocycles. The minimum Gasteiger partial charge on any atom is -0.472 e. The Labute approximate surface area is 93.9 Å². The summed E-state index contributed by atoms with van der Waals surface area (Å²) < 4.78 is 5.66. The Morgan fingerprint density at radius 1 is 1.47 bits per heavy atom. The fourth-order valence-corrected chi connectivity index (χ4v) is 2.17. The Bertz CT molecular complexity index is 332. The average Bonchev–Trinajstić information content (AvgIpc) is 2.65. The van der Waals surface area contributed by atoms with Crippen molar-refractivity contribution in [2.75, 3.05) is 6.26 Å². The Kier molecular flexibility index (Phi) is 3.49. The van der Waals surface area contributed by atoms with Gasteiger partial charge < -0.3 is 9.84 Å². The second-order valence-corrected chi connectivity index (χ2v) is 4.50. The summed E-state index contributed by atoms with van der Waals surface area (Å²) in [7, 11) is 0. The highest BCUT2D eigenvalue weighted by atomic mass is 32.2. The first kappa shape index (κ1) is 10.8. The second kappa shape index (κ2) is 4.86. The molecule has 2 atom stereocenters. The molecule has 1 fully saturated rings. The van der Waals surface area contributed by atoms with Gasteiger partial charge in [0.05, 0.1) is 11.1 Å². The zero-order valence-electron chi connectivity index (χ0n) is 8.72. The standard InChI is InChI=1S/C11H15NO2S/c1-15-11-7-3-6-10(12-11)14-9-5-2-4-8(9)13/h3,6-9,13H,2,4-5H2,1H3/t8-,9+/m1/s1. The maximum absolute atomic E-state index is 9.62. The molecule has 1 aromatic heterocycles. The van der Waals surface area contributed by atoms with Crippen molar-refractivity contribution in [1.29, 1.82) is 0 Å². The molecular weight excluding hydrogens is 210 g/mol. The van der Waals surface area contributed by atoms with Gasteiger partial charge in [0.2, 0.25) is 5.88 Å². The third-order valence-electron chi connectivity index (χ3n) is 2.60. The van der Waals surface area contributed by atoms with Crippen molar-refractivity contribution < 1.29 is 9.84 Å². The molecule has 1 saturated carbocycles. The lowest BCUT2D eigenvalue weighted by atomic mass is 10.3. The number of thioether (sulfide) groups is 1. The van der Waals surface area contributed by atoms with Crippen LogP contribution in [0.4, 0.5) is 0 Å². The summed E-state index contributed by atoms with van der Waals surface area (Å²) in [6.07, 6.45) is 4.38. The molecule has 1 aromatic rings. The van der Waals surface area contributed by atoms with Gasteiger partial charge in [-0.1, -0.05) is 6.07 Å². The number of pyridine rings is 1. The first-order valence-corrected chi connectivity index (χ1v) is 6.38. The molecule has 1 heterocycles. The number of hydrogen-bond acceptors (Lipinski definition) is 4. The number of aromatic nitrogens is 1. The van der Waals surface area contributed by atoms with Crippen LogP contribution in [0.1, 0.15) is 19.3 Å². The predicted molar refractivity (Wildman–Crippen MR) is 60.3 cm³/mol. The molecule has 0 unspecified atom stereocenters. The maximum Gasteiger partial charge on any atom is 0.214 e. The van der Waals surface area contributed by atoms with E-state index in [9.17, 15) is 5.11 Å². The summed E-state index contributed by atoms with van der Waals surface area (Å²) in [4.78, 5) is 4.32. The van der Waals surface area contributed by atoms with Crippen LogP contribution in [0.3, 0.4) is 0 Å². The number of rotatable bonds is 3. The minimum absolute atomic E-state index is 0.0744. The Morgan fingerprint density at radius 3 is 3.00 bits per heavy atom. The van der Waals surface area contributed by atoms with E-state index in [1.165, 1.54) is 0 Å². The lowest BCUT2D eigenvalue weighted by Crippen LogP contribution is -2.25. The van der Waals surface area contributed by atoms with Crippen LogP contribution in [-0.4, -0.2) is 28.6 Å². The summed E-state index contributed by atoms with van der Waals surface area (Å²) in [5.74, 6) is 0.618.